The first-order valence-electron chi connectivity index (χ1n) is 10.9. The summed E-state index contributed by atoms with van der Waals surface area (Å²) in [6.07, 6.45) is 0. The third-order valence-corrected chi connectivity index (χ3v) is 19.1. The van der Waals surface area contributed by atoms with Crippen molar-refractivity contribution in [2.45, 2.75) is 117 Å². The van der Waals surface area contributed by atoms with Crippen molar-refractivity contribution in [3.8, 4) is 0 Å². The first-order chi connectivity index (χ1) is 13.7. The molecule has 0 aromatic rings. The van der Waals surface area contributed by atoms with Gasteiger partial charge in [-0.2, -0.15) is 0 Å². The van der Waals surface area contributed by atoms with Gasteiger partial charge in [-0.25, -0.2) is 0 Å². The van der Waals surface area contributed by atoms with Gasteiger partial charge in [0.05, 0.1) is 0 Å². The van der Waals surface area contributed by atoms with Crippen LogP contribution in [0.2, 0.25) is 54.4 Å². The van der Waals surface area contributed by atoms with Crippen LogP contribution in [-0.2, 0) is 34.8 Å². The molecule has 0 atom stereocenters. The van der Waals surface area contributed by atoms with Gasteiger partial charge in [0.15, 0.2) is 0 Å². The van der Waals surface area contributed by atoms with Gasteiger partial charge in [0.1, 0.15) is 0 Å². The molecule has 0 saturated carbocycles. The van der Waals surface area contributed by atoms with Crippen LogP contribution in [0.25, 0.3) is 0 Å². The second kappa shape index (κ2) is 23.5. The Morgan fingerprint density at radius 1 is 0.448 bits per heavy atom. The van der Waals surface area contributed by atoms with Crippen LogP contribution in [0.15, 0.2) is 0 Å². The quantitative estimate of drug-likeness (QED) is 0.143. The van der Waals surface area contributed by atoms with Crippen LogP contribution in [0.4, 0.5) is 0 Å². The molecule has 0 amide bonds. The Morgan fingerprint density at radius 3 is 0.552 bits per heavy atom. The minimum atomic E-state index is -1.64. The zero-order valence-electron chi connectivity index (χ0n) is 20.3. The van der Waals surface area contributed by atoms with Crippen molar-refractivity contribution in [2.24, 2.45) is 0 Å². The Labute approximate surface area is 191 Å². The Bertz CT molecular complexity index is 230. The summed E-state index contributed by atoms with van der Waals surface area (Å²) >= 11 is 1.06. The zero-order valence-corrected chi connectivity index (χ0v) is 24.7. The number of hydrogen-bond donors (Lipinski definition) is 3. The fourth-order valence-electron chi connectivity index (χ4n) is 2.83. The Kier molecular flexibility index (Phi) is 30.0. The molecule has 29 heavy (non-hydrogen) atoms. The minimum absolute atomic E-state index is 1.01. The van der Waals surface area contributed by atoms with Crippen molar-refractivity contribution >= 4 is 25.0 Å². The van der Waals surface area contributed by atoms with Gasteiger partial charge in [-0.05, 0) is 54.4 Å². The Hall–Kier alpha value is 0.795. The Balaban J connectivity index is -0.000000155. The van der Waals surface area contributed by atoms with Crippen molar-refractivity contribution in [3.63, 3.8) is 0 Å². The molecule has 7 nitrogen and oxygen atoms in total. The number of rotatable bonds is 12. The normalized spacial score (nSPS) is 11.3. The summed E-state index contributed by atoms with van der Waals surface area (Å²) in [6, 6.07) is 9.09. The molecule has 179 valence electrons. The van der Waals surface area contributed by atoms with E-state index in [1.165, 1.54) is 0 Å². The summed E-state index contributed by atoms with van der Waals surface area (Å²) in [5.41, 5.74) is 0. The van der Waals surface area contributed by atoms with E-state index in [1.54, 1.807) is 0 Å². The molecular weight excluding hydrogens is 463 g/mol. The van der Waals surface area contributed by atoms with Gasteiger partial charge < -0.3 is 0 Å². The molecule has 0 fully saturated rings. The van der Waals surface area contributed by atoms with Gasteiger partial charge in [-0.15, -0.1) is 0 Å². The van der Waals surface area contributed by atoms with Crippen LogP contribution >= 0.6 is 0 Å². The summed E-state index contributed by atoms with van der Waals surface area (Å²) < 4.78 is 21.8. The molecule has 0 aliphatic heterocycles. The van der Waals surface area contributed by atoms with Crippen LogP contribution in [0.3, 0.4) is 0 Å². The van der Waals surface area contributed by atoms with Gasteiger partial charge in [0.2, 0.25) is 25.0 Å². The number of hydrogen-bond acceptors (Lipinski definition) is 7. The molecule has 0 saturated heterocycles. The fraction of sp³-hybridized carbons (Fsp3) is 1.00. The fourth-order valence-corrected chi connectivity index (χ4v) is 8.49. The van der Waals surface area contributed by atoms with E-state index in [0.717, 1.165) is 71.8 Å². The molecule has 11 heteroatoms. The maximum absolute atomic E-state index is 8.54. The predicted octanol–water partition coefficient (Wildman–Crippen LogP) is 7.32. The molecule has 0 rings (SSSR count). The summed E-state index contributed by atoms with van der Waals surface area (Å²) in [5.74, 6) is 0. The maximum atomic E-state index is 8.54. The molecule has 0 unspecified atom stereocenters. The molecule has 0 aromatic carbocycles. The van der Waals surface area contributed by atoms with E-state index in [0.29, 0.717) is 0 Å². The van der Waals surface area contributed by atoms with Gasteiger partial charge >= 0.3 is 21.0 Å². The van der Waals surface area contributed by atoms with Crippen LogP contribution in [-0.4, -0.2) is 40.7 Å². The van der Waals surface area contributed by atoms with Crippen molar-refractivity contribution < 1.29 is 50.5 Å². The molecule has 0 aliphatic carbocycles. The van der Waals surface area contributed by atoms with E-state index >= 15 is 0 Å². The third kappa shape index (κ3) is 15.3. The topological polar surface area (TPSA) is 105 Å². The molecule has 0 aromatic heterocycles. The zero-order chi connectivity index (χ0) is 24.0. The second-order valence-corrected chi connectivity index (χ2v) is 21.0. The van der Waals surface area contributed by atoms with E-state index < -0.39 is 25.0 Å². The van der Waals surface area contributed by atoms with E-state index in [-0.39, 0.29) is 0 Å². The van der Waals surface area contributed by atoms with Crippen LogP contribution in [0, 0.1) is 0 Å². The Morgan fingerprint density at radius 2 is 0.552 bits per heavy atom. The van der Waals surface area contributed by atoms with E-state index in [1.807, 2.05) is 0 Å². The monoisotopic (exact) mass is 511 g/mol. The van der Waals surface area contributed by atoms with Gasteiger partial charge in [0, 0.05) is 0 Å². The first kappa shape index (κ1) is 37.1. The van der Waals surface area contributed by atoms with Crippen molar-refractivity contribution in [2.75, 3.05) is 0 Å². The summed E-state index contributed by atoms with van der Waals surface area (Å²) in [5, 5.41) is 25.6. The average molecular weight is 512 g/mol. The van der Waals surface area contributed by atoms with Gasteiger partial charge in [-0.3, -0.25) is 29.5 Å². The first-order valence-corrected chi connectivity index (χ1v) is 19.0. The van der Waals surface area contributed by atoms with E-state index in [9.17, 15) is 0 Å². The van der Waals surface area contributed by atoms with Crippen LogP contribution in [0.1, 0.15) is 62.3 Å². The third-order valence-electron chi connectivity index (χ3n) is 6.38. The molecular formula is C18H48O7Si3V. The van der Waals surface area contributed by atoms with E-state index in [4.69, 9.17) is 19.4 Å². The molecule has 3 N–H and O–H groups in total. The summed E-state index contributed by atoms with van der Waals surface area (Å²) in [6.45, 7) is 18.7. The van der Waals surface area contributed by atoms with Gasteiger partial charge in [0.25, 0.3) is 0 Å². The summed E-state index contributed by atoms with van der Waals surface area (Å²) in [7, 11) is -4.91. The van der Waals surface area contributed by atoms with Crippen LogP contribution < -0.4 is 0 Å². The van der Waals surface area contributed by atoms with Crippen LogP contribution in [0.5, 0.6) is 0 Å². The van der Waals surface area contributed by atoms with Crippen molar-refractivity contribution in [3.05, 3.63) is 0 Å². The average Bonchev–Trinajstić information content (AvgIpc) is 2.82. The molecule has 0 aliphatic rings. The summed E-state index contributed by atoms with van der Waals surface area (Å²) in [4.78, 5) is 0. The standard InChI is InChI=1S/3C6H16O2Si.O.V/c3*1-4-9(5-2,6-3)8-7;;/h3*7H,4-6H2,1-3H3;;. The van der Waals surface area contributed by atoms with Crippen molar-refractivity contribution in [1.82, 2.24) is 0 Å². The van der Waals surface area contributed by atoms with Crippen molar-refractivity contribution in [1.29, 1.82) is 0 Å². The second-order valence-electron chi connectivity index (χ2n) is 7.00. The SMILES string of the molecule is CC[Si](CC)(CC)OO.CC[Si](CC)(CC)OO.CC[Si](CC)(CC)OO.[O]=[V]. The van der Waals surface area contributed by atoms with E-state index in [2.05, 4.69) is 76.0 Å². The molecule has 0 bridgehead atoms. The predicted molar refractivity (Wildman–Crippen MR) is 123 cm³/mol. The molecule has 0 heterocycles. The van der Waals surface area contributed by atoms with Gasteiger partial charge in [-0.1, -0.05) is 62.3 Å². The molecule has 0 spiro atoms. The molecule has 0 radical (unpaired) electrons.